The second kappa shape index (κ2) is 5.64. The van der Waals surface area contributed by atoms with Crippen molar-refractivity contribution < 1.29 is 4.79 Å². The topological polar surface area (TPSA) is 68.0 Å². The fourth-order valence-electron chi connectivity index (χ4n) is 1.57. The molecule has 0 aliphatic heterocycles. The molecule has 0 bridgehead atoms. The summed E-state index contributed by atoms with van der Waals surface area (Å²) >= 11 is 1.42. The van der Waals surface area contributed by atoms with E-state index in [1.54, 1.807) is 18.5 Å². The van der Waals surface area contributed by atoms with Gasteiger partial charge in [-0.15, -0.1) is 11.3 Å². The van der Waals surface area contributed by atoms with Gasteiger partial charge in [-0.2, -0.15) is 0 Å². The number of aryl methyl sites for hydroxylation is 1. The number of thiophene rings is 1. The number of rotatable bonds is 4. The summed E-state index contributed by atoms with van der Waals surface area (Å²) < 4.78 is 0. The standard InChI is InChI=1S/C13H15N3OS/c1-9-11(14)8-12(18-9)13(17)16-7-4-10-2-5-15-6-3-10/h2-3,5-6,8H,4,7,14H2,1H3,(H,16,17). The first-order valence-corrected chi connectivity index (χ1v) is 6.51. The van der Waals surface area contributed by atoms with Crippen molar-refractivity contribution in [2.24, 2.45) is 0 Å². The first-order valence-electron chi connectivity index (χ1n) is 5.70. The maximum atomic E-state index is 11.8. The van der Waals surface area contributed by atoms with Crippen LogP contribution in [0.3, 0.4) is 0 Å². The molecule has 2 aromatic rings. The van der Waals surface area contributed by atoms with Crippen molar-refractivity contribution in [3.05, 3.63) is 45.9 Å². The Hall–Kier alpha value is -1.88. The van der Waals surface area contributed by atoms with Crippen molar-refractivity contribution in [3.8, 4) is 0 Å². The van der Waals surface area contributed by atoms with Crippen LogP contribution >= 0.6 is 11.3 Å². The molecule has 0 saturated heterocycles. The van der Waals surface area contributed by atoms with Crippen molar-refractivity contribution in [1.29, 1.82) is 0 Å². The molecular formula is C13H15N3OS. The van der Waals surface area contributed by atoms with Gasteiger partial charge in [0.05, 0.1) is 4.88 Å². The van der Waals surface area contributed by atoms with E-state index in [4.69, 9.17) is 5.73 Å². The van der Waals surface area contributed by atoms with Gasteiger partial charge in [-0.1, -0.05) is 0 Å². The van der Waals surface area contributed by atoms with Gasteiger partial charge >= 0.3 is 0 Å². The van der Waals surface area contributed by atoms with Gasteiger partial charge in [0, 0.05) is 29.5 Å². The number of hydrogen-bond acceptors (Lipinski definition) is 4. The molecule has 0 aliphatic carbocycles. The van der Waals surface area contributed by atoms with E-state index in [1.165, 1.54) is 11.3 Å². The van der Waals surface area contributed by atoms with E-state index in [-0.39, 0.29) is 5.91 Å². The molecule has 0 unspecified atom stereocenters. The Morgan fingerprint density at radius 1 is 1.44 bits per heavy atom. The minimum atomic E-state index is -0.0612. The summed E-state index contributed by atoms with van der Waals surface area (Å²) in [4.78, 5) is 17.4. The number of amides is 1. The third-order valence-electron chi connectivity index (χ3n) is 2.63. The van der Waals surface area contributed by atoms with E-state index in [2.05, 4.69) is 10.3 Å². The second-order valence-corrected chi connectivity index (χ2v) is 5.24. The highest BCUT2D eigenvalue weighted by Gasteiger charge is 2.09. The lowest BCUT2D eigenvalue weighted by Crippen LogP contribution is -2.24. The number of nitrogen functional groups attached to an aromatic ring is 1. The van der Waals surface area contributed by atoms with Crippen molar-refractivity contribution >= 4 is 22.9 Å². The summed E-state index contributed by atoms with van der Waals surface area (Å²) in [6, 6.07) is 5.61. The van der Waals surface area contributed by atoms with Gasteiger partial charge in [0.25, 0.3) is 5.91 Å². The van der Waals surface area contributed by atoms with E-state index in [1.807, 2.05) is 19.1 Å². The number of nitrogens with two attached hydrogens (primary N) is 1. The molecule has 4 nitrogen and oxygen atoms in total. The molecule has 3 N–H and O–H groups in total. The van der Waals surface area contributed by atoms with E-state index in [9.17, 15) is 4.79 Å². The lowest BCUT2D eigenvalue weighted by atomic mass is 10.2. The molecule has 94 valence electrons. The Balaban J connectivity index is 1.85. The molecule has 2 aromatic heterocycles. The summed E-state index contributed by atoms with van der Waals surface area (Å²) in [5, 5.41) is 2.88. The lowest BCUT2D eigenvalue weighted by molar-refractivity contribution is 0.0958. The first kappa shape index (κ1) is 12.6. The molecule has 0 spiro atoms. The molecule has 0 radical (unpaired) electrons. The van der Waals surface area contributed by atoms with E-state index >= 15 is 0 Å². The van der Waals surface area contributed by atoms with Gasteiger partial charge in [0.1, 0.15) is 0 Å². The number of nitrogens with zero attached hydrogens (tertiary/aromatic N) is 1. The van der Waals surface area contributed by atoms with E-state index < -0.39 is 0 Å². The highest BCUT2D eigenvalue weighted by molar-refractivity contribution is 7.14. The van der Waals surface area contributed by atoms with Crippen LogP contribution in [0.2, 0.25) is 0 Å². The molecule has 2 heterocycles. The number of nitrogens with one attached hydrogen (secondary N) is 1. The number of carbonyl (C=O) groups excluding carboxylic acids is 1. The highest BCUT2D eigenvalue weighted by Crippen LogP contribution is 2.22. The van der Waals surface area contributed by atoms with Crippen LogP contribution in [-0.4, -0.2) is 17.4 Å². The SMILES string of the molecule is Cc1sc(C(=O)NCCc2ccncc2)cc1N. The Labute approximate surface area is 110 Å². The molecule has 0 aromatic carbocycles. The minimum Gasteiger partial charge on any atom is -0.398 e. The number of anilines is 1. The lowest BCUT2D eigenvalue weighted by Gasteiger charge is -2.03. The van der Waals surface area contributed by atoms with Gasteiger partial charge in [-0.05, 0) is 37.1 Å². The minimum absolute atomic E-state index is 0.0612. The smallest absolute Gasteiger partial charge is 0.261 e. The Kier molecular flexibility index (Phi) is 3.94. The van der Waals surface area contributed by atoms with Crippen LogP contribution in [0.25, 0.3) is 0 Å². The summed E-state index contributed by atoms with van der Waals surface area (Å²) in [5.41, 5.74) is 7.56. The van der Waals surface area contributed by atoms with Crippen LogP contribution < -0.4 is 11.1 Å². The Bertz CT molecular complexity index is 517. The average Bonchev–Trinajstić information content (AvgIpc) is 2.71. The third kappa shape index (κ3) is 3.07. The molecule has 0 aliphatic rings. The predicted octanol–water partition coefficient (Wildman–Crippen LogP) is 2.01. The zero-order chi connectivity index (χ0) is 13.0. The van der Waals surface area contributed by atoms with Crippen molar-refractivity contribution in [2.75, 3.05) is 12.3 Å². The molecular weight excluding hydrogens is 246 g/mol. The summed E-state index contributed by atoms with van der Waals surface area (Å²) in [5.74, 6) is -0.0612. The average molecular weight is 261 g/mol. The fraction of sp³-hybridized carbons (Fsp3) is 0.231. The summed E-state index contributed by atoms with van der Waals surface area (Å²) in [6.07, 6.45) is 4.30. The molecule has 0 fully saturated rings. The molecule has 1 amide bonds. The van der Waals surface area contributed by atoms with Crippen LogP contribution in [-0.2, 0) is 6.42 Å². The largest absolute Gasteiger partial charge is 0.398 e. The number of carbonyl (C=O) groups is 1. The summed E-state index contributed by atoms with van der Waals surface area (Å²) in [6.45, 7) is 2.52. The quantitative estimate of drug-likeness (QED) is 0.884. The van der Waals surface area contributed by atoms with Gasteiger partial charge in [0.2, 0.25) is 0 Å². The fourth-order valence-corrected chi connectivity index (χ4v) is 2.42. The molecule has 2 rings (SSSR count). The third-order valence-corrected chi connectivity index (χ3v) is 3.69. The molecule has 18 heavy (non-hydrogen) atoms. The molecule has 0 atom stereocenters. The normalized spacial score (nSPS) is 10.3. The van der Waals surface area contributed by atoms with E-state index in [0.29, 0.717) is 17.1 Å². The monoisotopic (exact) mass is 261 g/mol. The first-order chi connectivity index (χ1) is 8.66. The van der Waals surface area contributed by atoms with Crippen molar-refractivity contribution in [3.63, 3.8) is 0 Å². The number of hydrogen-bond donors (Lipinski definition) is 2. The predicted molar refractivity (Wildman–Crippen MR) is 73.7 cm³/mol. The number of pyridine rings is 1. The van der Waals surface area contributed by atoms with E-state index in [0.717, 1.165) is 16.9 Å². The van der Waals surface area contributed by atoms with Crippen molar-refractivity contribution in [1.82, 2.24) is 10.3 Å². The van der Waals surface area contributed by atoms with Crippen LogP contribution in [0.4, 0.5) is 5.69 Å². The number of aromatic nitrogens is 1. The van der Waals surface area contributed by atoms with Gasteiger partial charge in [0.15, 0.2) is 0 Å². The maximum Gasteiger partial charge on any atom is 0.261 e. The Morgan fingerprint density at radius 3 is 2.78 bits per heavy atom. The van der Waals surface area contributed by atoms with Crippen LogP contribution in [0.5, 0.6) is 0 Å². The second-order valence-electron chi connectivity index (χ2n) is 3.98. The zero-order valence-corrected chi connectivity index (χ0v) is 11.0. The van der Waals surface area contributed by atoms with Crippen LogP contribution in [0.15, 0.2) is 30.6 Å². The van der Waals surface area contributed by atoms with Gasteiger partial charge < -0.3 is 11.1 Å². The van der Waals surface area contributed by atoms with Gasteiger partial charge in [-0.25, -0.2) is 0 Å². The summed E-state index contributed by atoms with van der Waals surface area (Å²) in [7, 11) is 0. The van der Waals surface area contributed by atoms with Crippen LogP contribution in [0, 0.1) is 6.92 Å². The molecule has 0 saturated carbocycles. The highest BCUT2D eigenvalue weighted by atomic mass is 32.1. The van der Waals surface area contributed by atoms with Crippen molar-refractivity contribution in [2.45, 2.75) is 13.3 Å². The zero-order valence-electron chi connectivity index (χ0n) is 10.1. The maximum absolute atomic E-state index is 11.8. The Morgan fingerprint density at radius 2 is 2.17 bits per heavy atom. The van der Waals surface area contributed by atoms with Gasteiger partial charge in [-0.3, -0.25) is 9.78 Å². The molecule has 5 heteroatoms. The van der Waals surface area contributed by atoms with Crippen LogP contribution in [0.1, 0.15) is 20.1 Å².